The summed E-state index contributed by atoms with van der Waals surface area (Å²) < 4.78 is 11.1. The third-order valence-electron chi connectivity index (χ3n) is 4.40. The Labute approximate surface area is 161 Å². The quantitative estimate of drug-likeness (QED) is 0.517. The molecule has 1 aliphatic heterocycles. The standard InChI is InChI=1S/C23H16O5/c1-14-6-8-15(9-7-14)21-13-16(23(26)28-21)12-17-10-11-20(27-17)18-4-2-3-5-19(18)22(24)25/h2-13H,1H3,(H,24,25)/p-1/b16-12-. The van der Waals surface area contributed by atoms with E-state index in [-0.39, 0.29) is 5.56 Å². The Balaban J connectivity index is 1.65. The molecule has 0 bridgehead atoms. The Morgan fingerprint density at radius 3 is 2.50 bits per heavy atom. The van der Waals surface area contributed by atoms with Crippen LogP contribution >= 0.6 is 0 Å². The van der Waals surface area contributed by atoms with Gasteiger partial charge in [0.25, 0.3) is 0 Å². The molecule has 0 atom stereocenters. The molecule has 28 heavy (non-hydrogen) atoms. The van der Waals surface area contributed by atoms with Crippen LogP contribution in [0.4, 0.5) is 0 Å². The van der Waals surface area contributed by atoms with Gasteiger partial charge in [0.05, 0.1) is 11.5 Å². The summed E-state index contributed by atoms with van der Waals surface area (Å²) in [7, 11) is 0. The zero-order chi connectivity index (χ0) is 19.7. The molecule has 0 fully saturated rings. The number of ether oxygens (including phenoxy) is 1. The van der Waals surface area contributed by atoms with Gasteiger partial charge in [-0.2, -0.15) is 0 Å². The van der Waals surface area contributed by atoms with Gasteiger partial charge in [-0.05, 0) is 31.2 Å². The van der Waals surface area contributed by atoms with Gasteiger partial charge in [0.15, 0.2) is 0 Å². The molecule has 1 aliphatic rings. The third kappa shape index (κ3) is 3.38. The molecular formula is C23H15O5-. The summed E-state index contributed by atoms with van der Waals surface area (Å²) in [6.45, 7) is 1.98. The minimum Gasteiger partial charge on any atom is -0.545 e. The molecule has 4 rings (SSSR count). The van der Waals surface area contributed by atoms with E-state index in [2.05, 4.69) is 0 Å². The van der Waals surface area contributed by atoms with Crippen molar-refractivity contribution in [3.8, 4) is 11.3 Å². The number of cyclic esters (lactones) is 1. The molecule has 5 heteroatoms. The summed E-state index contributed by atoms with van der Waals surface area (Å²) in [5, 5.41) is 11.3. The first-order valence-electron chi connectivity index (χ1n) is 8.64. The van der Waals surface area contributed by atoms with E-state index < -0.39 is 11.9 Å². The van der Waals surface area contributed by atoms with Crippen molar-refractivity contribution < 1.29 is 23.8 Å². The number of benzene rings is 2. The molecule has 0 amide bonds. The van der Waals surface area contributed by atoms with Crippen LogP contribution in [0.1, 0.15) is 27.2 Å². The average molecular weight is 371 g/mol. The molecule has 0 unspecified atom stereocenters. The van der Waals surface area contributed by atoms with Crippen LogP contribution < -0.4 is 5.11 Å². The fraction of sp³-hybridized carbons (Fsp3) is 0.0435. The maximum absolute atomic E-state index is 12.2. The molecule has 1 aromatic heterocycles. The molecule has 2 heterocycles. The molecule has 0 saturated carbocycles. The second kappa shape index (κ2) is 7.04. The summed E-state index contributed by atoms with van der Waals surface area (Å²) in [6.07, 6.45) is 3.22. The van der Waals surface area contributed by atoms with E-state index in [1.165, 1.54) is 6.07 Å². The number of carboxylic acid groups (broad SMARTS) is 1. The van der Waals surface area contributed by atoms with Crippen molar-refractivity contribution in [1.29, 1.82) is 0 Å². The lowest BCUT2D eigenvalue weighted by Crippen LogP contribution is -2.22. The molecule has 0 aliphatic carbocycles. The van der Waals surface area contributed by atoms with Crippen LogP contribution in [0.25, 0.3) is 23.2 Å². The molecule has 0 saturated heterocycles. The fourth-order valence-electron chi connectivity index (χ4n) is 2.95. The number of aromatic carboxylic acids is 1. The van der Waals surface area contributed by atoms with Crippen molar-refractivity contribution >= 4 is 23.8 Å². The zero-order valence-electron chi connectivity index (χ0n) is 15.0. The van der Waals surface area contributed by atoms with E-state index >= 15 is 0 Å². The summed E-state index contributed by atoms with van der Waals surface area (Å²) in [4.78, 5) is 23.5. The Bertz CT molecular complexity index is 1130. The predicted molar refractivity (Wildman–Crippen MR) is 102 cm³/mol. The van der Waals surface area contributed by atoms with Gasteiger partial charge < -0.3 is 19.1 Å². The summed E-state index contributed by atoms with van der Waals surface area (Å²) >= 11 is 0. The van der Waals surface area contributed by atoms with Gasteiger partial charge in [0.1, 0.15) is 17.3 Å². The first-order valence-corrected chi connectivity index (χ1v) is 8.64. The molecular weight excluding hydrogens is 356 g/mol. The van der Waals surface area contributed by atoms with E-state index in [0.29, 0.717) is 28.4 Å². The SMILES string of the molecule is Cc1ccc(C2=C/C(=C/c3ccc(-c4ccccc4C(=O)[O-])o3)C(=O)O2)cc1. The van der Waals surface area contributed by atoms with Crippen LogP contribution in [0.3, 0.4) is 0 Å². The Morgan fingerprint density at radius 2 is 1.75 bits per heavy atom. The number of hydrogen-bond donors (Lipinski definition) is 0. The van der Waals surface area contributed by atoms with Gasteiger partial charge in [-0.3, -0.25) is 0 Å². The van der Waals surface area contributed by atoms with Crippen LogP contribution in [0, 0.1) is 6.92 Å². The Morgan fingerprint density at radius 1 is 1.00 bits per heavy atom. The highest BCUT2D eigenvalue weighted by atomic mass is 16.5. The number of carbonyl (C=O) groups excluding carboxylic acids is 2. The van der Waals surface area contributed by atoms with E-state index in [0.717, 1.165) is 11.1 Å². The second-order valence-corrected chi connectivity index (χ2v) is 6.40. The second-order valence-electron chi connectivity index (χ2n) is 6.40. The lowest BCUT2D eigenvalue weighted by molar-refractivity contribution is -0.254. The van der Waals surface area contributed by atoms with Gasteiger partial charge in [-0.25, -0.2) is 4.79 Å². The van der Waals surface area contributed by atoms with Gasteiger partial charge in [0, 0.05) is 16.7 Å². The first kappa shape index (κ1) is 17.5. The number of esters is 1. The summed E-state index contributed by atoms with van der Waals surface area (Å²) in [5.41, 5.74) is 2.73. The molecule has 0 radical (unpaired) electrons. The van der Waals surface area contributed by atoms with Crippen LogP contribution in [-0.4, -0.2) is 11.9 Å². The molecule has 0 spiro atoms. The van der Waals surface area contributed by atoms with Gasteiger partial charge in [-0.15, -0.1) is 0 Å². The Kier molecular flexibility index (Phi) is 4.41. The average Bonchev–Trinajstić information content (AvgIpc) is 3.30. The minimum atomic E-state index is -1.28. The fourth-order valence-corrected chi connectivity index (χ4v) is 2.95. The van der Waals surface area contributed by atoms with Crippen LogP contribution in [0.5, 0.6) is 0 Å². The van der Waals surface area contributed by atoms with Crippen molar-refractivity contribution in [2.45, 2.75) is 6.92 Å². The number of furan rings is 1. The molecule has 0 N–H and O–H groups in total. The normalized spacial score (nSPS) is 14.8. The van der Waals surface area contributed by atoms with Gasteiger partial charge in [0.2, 0.25) is 0 Å². The number of aryl methyl sites for hydroxylation is 1. The summed E-state index contributed by atoms with van der Waals surface area (Å²) in [5.74, 6) is -0.483. The van der Waals surface area contributed by atoms with Crippen molar-refractivity contribution in [1.82, 2.24) is 0 Å². The van der Waals surface area contributed by atoms with Crippen LogP contribution in [0.2, 0.25) is 0 Å². The minimum absolute atomic E-state index is 0.0397. The zero-order valence-corrected chi connectivity index (χ0v) is 15.0. The molecule has 138 valence electrons. The van der Waals surface area contributed by atoms with E-state index in [1.54, 1.807) is 42.5 Å². The first-order chi connectivity index (χ1) is 13.5. The lowest BCUT2D eigenvalue weighted by atomic mass is 10.1. The highest BCUT2D eigenvalue weighted by molar-refractivity contribution is 6.05. The third-order valence-corrected chi connectivity index (χ3v) is 4.40. The number of carboxylic acids is 1. The van der Waals surface area contributed by atoms with Crippen LogP contribution in [0.15, 0.2) is 76.7 Å². The van der Waals surface area contributed by atoms with Crippen molar-refractivity contribution in [2.24, 2.45) is 0 Å². The van der Waals surface area contributed by atoms with Crippen molar-refractivity contribution in [3.63, 3.8) is 0 Å². The Hall–Kier alpha value is -3.86. The highest BCUT2D eigenvalue weighted by Gasteiger charge is 2.22. The maximum Gasteiger partial charge on any atom is 0.343 e. The van der Waals surface area contributed by atoms with E-state index in [1.807, 2.05) is 31.2 Å². The number of rotatable bonds is 4. The smallest absolute Gasteiger partial charge is 0.343 e. The van der Waals surface area contributed by atoms with Gasteiger partial charge >= 0.3 is 5.97 Å². The highest BCUT2D eigenvalue weighted by Crippen LogP contribution is 2.30. The maximum atomic E-state index is 12.2. The molecule has 5 nitrogen and oxygen atoms in total. The van der Waals surface area contributed by atoms with Crippen molar-refractivity contribution in [3.05, 3.63) is 94.8 Å². The topological polar surface area (TPSA) is 79.6 Å². The lowest BCUT2D eigenvalue weighted by Gasteiger charge is -2.07. The number of hydrogen-bond acceptors (Lipinski definition) is 5. The monoisotopic (exact) mass is 371 g/mol. The van der Waals surface area contributed by atoms with E-state index in [9.17, 15) is 14.7 Å². The van der Waals surface area contributed by atoms with Crippen LogP contribution in [-0.2, 0) is 9.53 Å². The molecule has 3 aromatic rings. The predicted octanol–water partition coefficient (Wildman–Crippen LogP) is 3.60. The largest absolute Gasteiger partial charge is 0.545 e. The number of carbonyl (C=O) groups is 2. The summed E-state index contributed by atoms with van der Waals surface area (Å²) in [6, 6.07) is 17.4. The van der Waals surface area contributed by atoms with Crippen molar-refractivity contribution in [2.75, 3.05) is 0 Å². The van der Waals surface area contributed by atoms with Gasteiger partial charge in [-0.1, -0.05) is 54.1 Å². The van der Waals surface area contributed by atoms with E-state index in [4.69, 9.17) is 9.15 Å². The molecule has 2 aromatic carbocycles.